The lowest BCUT2D eigenvalue weighted by Crippen LogP contribution is -2.40. The van der Waals surface area contributed by atoms with Gasteiger partial charge in [-0.15, -0.1) is 0 Å². The Hall–Kier alpha value is -0.120. The summed E-state index contributed by atoms with van der Waals surface area (Å²) in [5.74, 6) is 1.95. The van der Waals surface area contributed by atoms with Crippen molar-refractivity contribution in [2.75, 3.05) is 45.9 Å². The zero-order valence-corrected chi connectivity index (χ0v) is 9.17. The first-order chi connectivity index (χ1) is 6.86. The fraction of sp³-hybridized carbons (Fsp3) is 1.00. The van der Waals surface area contributed by atoms with Gasteiger partial charge in [-0.05, 0) is 24.8 Å². The van der Waals surface area contributed by atoms with Crippen molar-refractivity contribution in [2.45, 2.75) is 13.3 Å². The molecule has 3 heteroatoms. The van der Waals surface area contributed by atoms with Gasteiger partial charge in [0.15, 0.2) is 0 Å². The molecule has 0 bridgehead atoms. The van der Waals surface area contributed by atoms with Gasteiger partial charge in [-0.3, -0.25) is 4.90 Å². The number of nitrogens with one attached hydrogen (secondary N) is 1. The maximum absolute atomic E-state index is 5.31. The molecule has 14 heavy (non-hydrogen) atoms. The standard InChI is InChI=1S/C11H22N2O/c1-10-8-11(10)9-12-2-3-13-4-6-14-7-5-13/h10-12H,2-9H2,1H3. The van der Waals surface area contributed by atoms with Crippen molar-refractivity contribution in [3.63, 3.8) is 0 Å². The molecule has 2 atom stereocenters. The molecule has 0 spiro atoms. The van der Waals surface area contributed by atoms with Gasteiger partial charge in [-0.1, -0.05) is 6.92 Å². The zero-order chi connectivity index (χ0) is 9.80. The predicted molar refractivity (Wildman–Crippen MR) is 57.4 cm³/mol. The monoisotopic (exact) mass is 198 g/mol. The molecule has 82 valence electrons. The molecule has 0 aromatic heterocycles. The second-order valence-electron chi connectivity index (χ2n) is 4.63. The van der Waals surface area contributed by atoms with Crippen LogP contribution in [0.2, 0.25) is 0 Å². The lowest BCUT2D eigenvalue weighted by atomic mass is 10.3. The molecule has 1 heterocycles. The minimum absolute atomic E-state index is 0.916. The van der Waals surface area contributed by atoms with E-state index in [9.17, 15) is 0 Å². The summed E-state index contributed by atoms with van der Waals surface area (Å²) >= 11 is 0. The molecule has 2 fully saturated rings. The molecule has 3 nitrogen and oxygen atoms in total. The molecule has 2 rings (SSSR count). The van der Waals surface area contributed by atoms with Crippen molar-refractivity contribution in [1.29, 1.82) is 0 Å². The van der Waals surface area contributed by atoms with Gasteiger partial charge in [0, 0.05) is 26.2 Å². The summed E-state index contributed by atoms with van der Waals surface area (Å²) in [5, 5.41) is 3.54. The number of hydrogen-bond donors (Lipinski definition) is 1. The van der Waals surface area contributed by atoms with E-state index in [4.69, 9.17) is 4.74 Å². The molecular weight excluding hydrogens is 176 g/mol. The second-order valence-corrected chi connectivity index (χ2v) is 4.63. The fourth-order valence-corrected chi connectivity index (χ4v) is 2.03. The van der Waals surface area contributed by atoms with Crippen molar-refractivity contribution in [1.82, 2.24) is 10.2 Å². The molecule has 0 radical (unpaired) electrons. The number of hydrogen-bond acceptors (Lipinski definition) is 3. The highest BCUT2D eigenvalue weighted by Gasteiger charge is 2.31. The molecular formula is C11H22N2O. The highest BCUT2D eigenvalue weighted by atomic mass is 16.5. The van der Waals surface area contributed by atoms with Crippen LogP contribution in [0.25, 0.3) is 0 Å². The SMILES string of the molecule is CC1CC1CNCCN1CCOCC1. The maximum Gasteiger partial charge on any atom is 0.0594 e. The van der Waals surface area contributed by atoms with Crippen molar-refractivity contribution < 1.29 is 4.74 Å². The molecule has 1 aliphatic heterocycles. The maximum atomic E-state index is 5.31. The largest absolute Gasteiger partial charge is 0.379 e. The van der Waals surface area contributed by atoms with Crippen LogP contribution in [0.1, 0.15) is 13.3 Å². The van der Waals surface area contributed by atoms with Crippen LogP contribution in [0.5, 0.6) is 0 Å². The highest BCUT2D eigenvalue weighted by Crippen LogP contribution is 2.36. The molecule has 0 aromatic carbocycles. The Labute approximate surface area is 86.8 Å². The summed E-state index contributed by atoms with van der Waals surface area (Å²) in [6, 6.07) is 0. The lowest BCUT2D eigenvalue weighted by molar-refractivity contribution is 0.0384. The van der Waals surface area contributed by atoms with Crippen LogP contribution in [0.4, 0.5) is 0 Å². The van der Waals surface area contributed by atoms with E-state index in [2.05, 4.69) is 17.1 Å². The molecule has 2 aliphatic rings. The van der Waals surface area contributed by atoms with Crippen LogP contribution < -0.4 is 5.32 Å². The van der Waals surface area contributed by atoms with E-state index < -0.39 is 0 Å². The van der Waals surface area contributed by atoms with E-state index in [1.807, 2.05) is 0 Å². The molecule has 2 unspecified atom stereocenters. The first-order valence-corrected chi connectivity index (χ1v) is 5.87. The normalized spacial score (nSPS) is 33.2. The summed E-state index contributed by atoms with van der Waals surface area (Å²) < 4.78 is 5.31. The van der Waals surface area contributed by atoms with Crippen molar-refractivity contribution in [3.05, 3.63) is 0 Å². The fourth-order valence-electron chi connectivity index (χ4n) is 2.03. The average Bonchev–Trinajstić information content (AvgIpc) is 2.91. The zero-order valence-electron chi connectivity index (χ0n) is 9.17. The third-order valence-corrected chi connectivity index (χ3v) is 3.39. The quantitative estimate of drug-likeness (QED) is 0.653. The summed E-state index contributed by atoms with van der Waals surface area (Å²) in [5.41, 5.74) is 0. The van der Waals surface area contributed by atoms with Crippen LogP contribution in [0.3, 0.4) is 0 Å². The van der Waals surface area contributed by atoms with Crippen LogP contribution in [-0.2, 0) is 4.74 Å². The molecule has 0 amide bonds. The third kappa shape index (κ3) is 3.23. The van der Waals surface area contributed by atoms with Gasteiger partial charge in [-0.25, -0.2) is 0 Å². The summed E-state index contributed by atoms with van der Waals surface area (Å²) in [4.78, 5) is 2.48. The minimum atomic E-state index is 0.916. The predicted octanol–water partition coefficient (Wildman–Crippen LogP) is 0.564. The average molecular weight is 198 g/mol. The Morgan fingerprint density at radius 1 is 1.36 bits per heavy atom. The molecule has 1 saturated carbocycles. The summed E-state index contributed by atoms with van der Waals surface area (Å²) in [7, 11) is 0. The van der Waals surface area contributed by atoms with E-state index in [0.29, 0.717) is 0 Å². The van der Waals surface area contributed by atoms with Gasteiger partial charge in [0.05, 0.1) is 13.2 Å². The van der Waals surface area contributed by atoms with Gasteiger partial charge < -0.3 is 10.1 Å². The van der Waals surface area contributed by atoms with Gasteiger partial charge in [0.2, 0.25) is 0 Å². The van der Waals surface area contributed by atoms with Crippen molar-refractivity contribution >= 4 is 0 Å². The molecule has 1 aliphatic carbocycles. The molecule has 0 aromatic rings. The summed E-state index contributed by atoms with van der Waals surface area (Å²) in [6.07, 6.45) is 1.44. The Morgan fingerprint density at radius 3 is 2.71 bits per heavy atom. The van der Waals surface area contributed by atoms with E-state index in [-0.39, 0.29) is 0 Å². The van der Waals surface area contributed by atoms with Crippen molar-refractivity contribution in [3.8, 4) is 0 Å². The second kappa shape index (κ2) is 5.10. The Balaban J connectivity index is 1.45. The van der Waals surface area contributed by atoms with Gasteiger partial charge in [0.25, 0.3) is 0 Å². The smallest absolute Gasteiger partial charge is 0.0594 e. The Kier molecular flexibility index (Phi) is 3.79. The first-order valence-electron chi connectivity index (χ1n) is 5.87. The first kappa shape index (κ1) is 10.4. The summed E-state index contributed by atoms with van der Waals surface area (Å²) in [6.45, 7) is 9.95. The van der Waals surface area contributed by atoms with Crippen LogP contribution in [0, 0.1) is 11.8 Å². The van der Waals surface area contributed by atoms with E-state index >= 15 is 0 Å². The topological polar surface area (TPSA) is 24.5 Å². The Morgan fingerprint density at radius 2 is 2.07 bits per heavy atom. The number of ether oxygens (including phenoxy) is 1. The van der Waals surface area contributed by atoms with E-state index in [0.717, 1.165) is 44.7 Å². The lowest BCUT2D eigenvalue weighted by Gasteiger charge is -2.26. The van der Waals surface area contributed by atoms with Crippen molar-refractivity contribution in [2.24, 2.45) is 11.8 Å². The molecule has 1 saturated heterocycles. The van der Waals surface area contributed by atoms with Crippen LogP contribution >= 0.6 is 0 Å². The van der Waals surface area contributed by atoms with Crippen LogP contribution in [-0.4, -0.2) is 50.8 Å². The van der Waals surface area contributed by atoms with Gasteiger partial charge in [0.1, 0.15) is 0 Å². The number of rotatable bonds is 5. The third-order valence-electron chi connectivity index (χ3n) is 3.39. The van der Waals surface area contributed by atoms with Crippen LogP contribution in [0.15, 0.2) is 0 Å². The molecule has 1 N–H and O–H groups in total. The number of morpholine rings is 1. The highest BCUT2D eigenvalue weighted by molar-refractivity contribution is 4.83. The number of nitrogens with zero attached hydrogens (tertiary/aromatic N) is 1. The van der Waals surface area contributed by atoms with Gasteiger partial charge in [-0.2, -0.15) is 0 Å². The Bertz CT molecular complexity index is 169. The minimum Gasteiger partial charge on any atom is -0.379 e. The van der Waals surface area contributed by atoms with Gasteiger partial charge >= 0.3 is 0 Å². The van der Waals surface area contributed by atoms with E-state index in [1.54, 1.807) is 0 Å². The van der Waals surface area contributed by atoms with E-state index in [1.165, 1.54) is 19.5 Å².